The number of aryl methyl sites for hydroxylation is 1. The maximum absolute atomic E-state index is 12.1. The summed E-state index contributed by atoms with van der Waals surface area (Å²) in [4.78, 5) is 12.1. The van der Waals surface area contributed by atoms with Gasteiger partial charge in [0.05, 0.1) is 13.0 Å². The number of rotatable bonds is 4. The molecule has 3 nitrogen and oxygen atoms in total. The van der Waals surface area contributed by atoms with Gasteiger partial charge in [-0.15, -0.1) is 0 Å². The van der Waals surface area contributed by atoms with Crippen molar-refractivity contribution in [1.82, 2.24) is 5.32 Å². The van der Waals surface area contributed by atoms with Crippen molar-refractivity contribution in [3.8, 4) is 0 Å². The van der Waals surface area contributed by atoms with E-state index in [0.29, 0.717) is 0 Å². The molecule has 1 aliphatic rings. The Bertz CT molecular complexity index is 407. The van der Waals surface area contributed by atoms with Gasteiger partial charge in [0, 0.05) is 6.04 Å². The molecule has 0 saturated carbocycles. The first kappa shape index (κ1) is 14.1. The van der Waals surface area contributed by atoms with Crippen molar-refractivity contribution in [3.63, 3.8) is 0 Å². The van der Waals surface area contributed by atoms with Crippen molar-refractivity contribution < 1.29 is 9.53 Å². The predicted octanol–water partition coefficient (Wildman–Crippen LogP) is 2.65. The summed E-state index contributed by atoms with van der Waals surface area (Å²) in [5.74, 6) is -0.320. The Hall–Kier alpha value is -1.35. The molecule has 3 heteroatoms. The summed E-state index contributed by atoms with van der Waals surface area (Å²) in [5.41, 5.74) is 2.35. The highest BCUT2D eigenvalue weighted by Gasteiger charge is 2.31. The highest BCUT2D eigenvalue weighted by Crippen LogP contribution is 2.27. The number of carbonyl (C=O) groups excluding carboxylic acids is 1. The predicted molar refractivity (Wildman–Crippen MR) is 76.2 cm³/mol. The van der Waals surface area contributed by atoms with E-state index in [1.807, 2.05) is 0 Å². The highest BCUT2D eigenvalue weighted by atomic mass is 16.5. The number of carbonyl (C=O) groups is 1. The molecule has 1 aromatic rings. The molecule has 2 atom stereocenters. The number of piperidine rings is 1. The lowest BCUT2D eigenvalue weighted by Gasteiger charge is -2.30. The molecule has 1 saturated heterocycles. The molecule has 1 fully saturated rings. The van der Waals surface area contributed by atoms with E-state index in [4.69, 9.17) is 4.74 Å². The molecule has 2 rings (SSSR count). The van der Waals surface area contributed by atoms with Gasteiger partial charge in [-0.1, -0.05) is 37.6 Å². The van der Waals surface area contributed by atoms with Crippen LogP contribution < -0.4 is 5.32 Å². The van der Waals surface area contributed by atoms with Gasteiger partial charge < -0.3 is 10.1 Å². The lowest BCUT2D eigenvalue weighted by atomic mass is 9.86. The molecule has 0 unspecified atom stereocenters. The van der Waals surface area contributed by atoms with Crippen molar-refractivity contribution in [2.45, 2.75) is 44.6 Å². The third-order valence-electron chi connectivity index (χ3n) is 3.95. The van der Waals surface area contributed by atoms with Crippen molar-refractivity contribution >= 4 is 5.97 Å². The molecule has 1 heterocycles. The summed E-state index contributed by atoms with van der Waals surface area (Å²) < 4.78 is 5.00. The second kappa shape index (κ2) is 6.71. The fourth-order valence-corrected chi connectivity index (χ4v) is 2.78. The molecule has 0 aliphatic carbocycles. The van der Waals surface area contributed by atoms with Gasteiger partial charge in [-0.3, -0.25) is 4.79 Å². The van der Waals surface area contributed by atoms with E-state index in [0.717, 1.165) is 24.9 Å². The molecule has 19 heavy (non-hydrogen) atoms. The summed E-state index contributed by atoms with van der Waals surface area (Å²) in [6.07, 6.45) is 4.43. The Morgan fingerprint density at radius 3 is 2.63 bits per heavy atom. The van der Waals surface area contributed by atoms with Gasteiger partial charge in [0.2, 0.25) is 0 Å². The van der Waals surface area contributed by atoms with Crippen LogP contribution in [0.2, 0.25) is 0 Å². The zero-order valence-corrected chi connectivity index (χ0v) is 11.8. The zero-order valence-electron chi connectivity index (χ0n) is 11.8. The van der Waals surface area contributed by atoms with Crippen LogP contribution in [0.15, 0.2) is 24.3 Å². The normalized spacial score (nSPS) is 20.8. The largest absolute Gasteiger partial charge is 0.469 e. The van der Waals surface area contributed by atoms with Crippen molar-refractivity contribution in [2.75, 3.05) is 13.7 Å². The van der Waals surface area contributed by atoms with Gasteiger partial charge in [0.15, 0.2) is 0 Å². The van der Waals surface area contributed by atoms with Gasteiger partial charge in [-0.2, -0.15) is 0 Å². The SMILES string of the molecule is CCc1ccc([C@@H](C(=O)OC)[C@H]2CCCCN2)cc1. The van der Waals surface area contributed by atoms with Crippen LogP contribution in [0.3, 0.4) is 0 Å². The molecular weight excluding hydrogens is 238 g/mol. The van der Waals surface area contributed by atoms with E-state index < -0.39 is 0 Å². The van der Waals surface area contributed by atoms with Gasteiger partial charge in [0.1, 0.15) is 0 Å². The molecule has 104 valence electrons. The highest BCUT2D eigenvalue weighted by molar-refractivity contribution is 5.79. The third kappa shape index (κ3) is 3.35. The Labute approximate surface area is 115 Å². The minimum Gasteiger partial charge on any atom is -0.469 e. The van der Waals surface area contributed by atoms with E-state index in [9.17, 15) is 4.79 Å². The average molecular weight is 261 g/mol. The molecule has 0 aromatic heterocycles. The molecule has 0 bridgehead atoms. The Morgan fingerprint density at radius 1 is 1.37 bits per heavy atom. The zero-order chi connectivity index (χ0) is 13.7. The Balaban J connectivity index is 2.22. The molecule has 0 amide bonds. The van der Waals surface area contributed by atoms with Crippen molar-refractivity contribution in [1.29, 1.82) is 0 Å². The number of benzene rings is 1. The van der Waals surface area contributed by atoms with Crippen LogP contribution in [0.25, 0.3) is 0 Å². The van der Waals surface area contributed by atoms with Crippen LogP contribution in [0.5, 0.6) is 0 Å². The van der Waals surface area contributed by atoms with Crippen molar-refractivity contribution in [2.24, 2.45) is 0 Å². The summed E-state index contributed by atoms with van der Waals surface area (Å²) in [5, 5.41) is 3.46. The van der Waals surface area contributed by atoms with Gasteiger partial charge in [-0.05, 0) is 36.9 Å². The van der Waals surface area contributed by atoms with E-state index >= 15 is 0 Å². The number of esters is 1. The molecule has 1 N–H and O–H groups in total. The summed E-state index contributed by atoms with van der Waals surface area (Å²) in [6, 6.07) is 8.55. The maximum Gasteiger partial charge on any atom is 0.314 e. The van der Waals surface area contributed by atoms with Crippen LogP contribution >= 0.6 is 0 Å². The molecular formula is C16H23NO2. The van der Waals surface area contributed by atoms with Gasteiger partial charge in [-0.25, -0.2) is 0 Å². The quantitative estimate of drug-likeness (QED) is 0.847. The van der Waals surface area contributed by atoms with Crippen LogP contribution in [-0.4, -0.2) is 25.7 Å². The number of nitrogens with one attached hydrogen (secondary N) is 1. The minimum absolute atomic E-state index is 0.136. The lowest BCUT2D eigenvalue weighted by molar-refractivity contribution is -0.143. The van der Waals surface area contributed by atoms with E-state index in [2.05, 4.69) is 36.5 Å². The first-order chi connectivity index (χ1) is 9.26. The summed E-state index contributed by atoms with van der Waals surface area (Å²) >= 11 is 0. The third-order valence-corrected chi connectivity index (χ3v) is 3.95. The fourth-order valence-electron chi connectivity index (χ4n) is 2.78. The fraction of sp³-hybridized carbons (Fsp3) is 0.562. The van der Waals surface area contributed by atoms with E-state index in [1.165, 1.54) is 25.5 Å². The van der Waals surface area contributed by atoms with E-state index in [1.54, 1.807) is 0 Å². The summed E-state index contributed by atoms with van der Waals surface area (Å²) in [7, 11) is 1.47. The maximum atomic E-state index is 12.1. The Kier molecular flexibility index (Phi) is 4.97. The summed E-state index contributed by atoms with van der Waals surface area (Å²) in [6.45, 7) is 3.13. The standard InChI is InChI=1S/C16H23NO2/c1-3-12-7-9-13(10-8-12)15(16(18)19-2)14-6-4-5-11-17-14/h7-10,14-15,17H,3-6,11H2,1-2H3/t14-,15-/m1/s1. The smallest absolute Gasteiger partial charge is 0.314 e. The molecule has 1 aromatic carbocycles. The number of ether oxygens (including phenoxy) is 1. The lowest BCUT2D eigenvalue weighted by Crippen LogP contribution is -2.42. The molecule has 0 radical (unpaired) electrons. The van der Waals surface area contributed by atoms with E-state index in [-0.39, 0.29) is 17.9 Å². The van der Waals surface area contributed by atoms with Crippen LogP contribution in [0.4, 0.5) is 0 Å². The molecule has 0 spiro atoms. The van der Waals surface area contributed by atoms with Crippen LogP contribution in [-0.2, 0) is 16.0 Å². The topological polar surface area (TPSA) is 38.3 Å². The first-order valence-electron chi connectivity index (χ1n) is 7.16. The number of hydrogen-bond acceptors (Lipinski definition) is 3. The average Bonchev–Trinajstić information content (AvgIpc) is 2.49. The van der Waals surface area contributed by atoms with Gasteiger partial charge >= 0.3 is 5.97 Å². The van der Waals surface area contributed by atoms with Crippen LogP contribution in [0, 0.1) is 0 Å². The number of methoxy groups -OCH3 is 1. The first-order valence-corrected chi connectivity index (χ1v) is 7.16. The van der Waals surface area contributed by atoms with Crippen molar-refractivity contribution in [3.05, 3.63) is 35.4 Å². The number of hydrogen-bond donors (Lipinski definition) is 1. The molecule has 1 aliphatic heterocycles. The monoisotopic (exact) mass is 261 g/mol. The second-order valence-electron chi connectivity index (χ2n) is 5.15. The second-order valence-corrected chi connectivity index (χ2v) is 5.15. The minimum atomic E-state index is -0.184. The Morgan fingerprint density at radius 2 is 2.11 bits per heavy atom. The van der Waals surface area contributed by atoms with Gasteiger partial charge in [0.25, 0.3) is 0 Å². The van der Waals surface area contributed by atoms with Crippen LogP contribution in [0.1, 0.15) is 43.2 Å².